The summed E-state index contributed by atoms with van der Waals surface area (Å²) in [5.41, 5.74) is 0. The first-order valence-corrected chi connectivity index (χ1v) is 7.31. The highest BCUT2D eigenvalue weighted by molar-refractivity contribution is 7.89. The Morgan fingerprint density at radius 2 is 2.10 bits per heavy atom. The van der Waals surface area contributed by atoms with Crippen LogP contribution in [0.1, 0.15) is 6.92 Å². The molecular weight excluding hydrogens is 288 g/mol. The Labute approximate surface area is 115 Å². The minimum Gasteiger partial charge on any atom is -0.271 e. The van der Waals surface area contributed by atoms with Crippen LogP contribution in [0.5, 0.6) is 0 Å². The molecule has 0 fully saturated rings. The molecule has 1 atom stereocenters. The van der Waals surface area contributed by atoms with E-state index in [2.05, 4.69) is 9.82 Å². The molecule has 0 saturated carbocycles. The predicted molar refractivity (Wildman–Crippen MR) is 68.4 cm³/mol. The Kier molecular flexibility index (Phi) is 4.15. The van der Waals surface area contributed by atoms with Gasteiger partial charge in [0.05, 0.1) is 11.4 Å². The second-order valence-electron chi connectivity index (χ2n) is 4.33. The van der Waals surface area contributed by atoms with Crippen molar-refractivity contribution in [1.29, 1.82) is 0 Å². The fraction of sp³-hybridized carbons (Fsp3) is 0.250. The molecule has 0 amide bonds. The van der Waals surface area contributed by atoms with E-state index >= 15 is 0 Å². The Morgan fingerprint density at radius 1 is 1.35 bits per heavy atom. The summed E-state index contributed by atoms with van der Waals surface area (Å²) in [6.45, 7) is 1.98. The molecule has 0 bridgehead atoms. The Balaban J connectivity index is 2.12. The molecule has 2 aromatic rings. The SMILES string of the molecule is C[C@H](Cn1cccn1)NS(=O)(=O)c1ccc(F)c(F)c1. The average Bonchev–Trinajstić information content (AvgIpc) is 2.84. The van der Waals surface area contributed by atoms with Crippen LogP contribution in [0.2, 0.25) is 0 Å². The monoisotopic (exact) mass is 301 g/mol. The van der Waals surface area contributed by atoms with Gasteiger partial charge in [0.2, 0.25) is 10.0 Å². The van der Waals surface area contributed by atoms with Gasteiger partial charge in [-0.15, -0.1) is 0 Å². The van der Waals surface area contributed by atoms with Crippen molar-refractivity contribution in [3.05, 3.63) is 48.3 Å². The van der Waals surface area contributed by atoms with E-state index < -0.39 is 27.7 Å². The van der Waals surface area contributed by atoms with Crippen LogP contribution in [0.15, 0.2) is 41.6 Å². The summed E-state index contributed by atoms with van der Waals surface area (Å²) in [7, 11) is -3.90. The molecule has 0 saturated heterocycles. The lowest BCUT2D eigenvalue weighted by molar-refractivity contribution is 0.490. The van der Waals surface area contributed by atoms with Crippen LogP contribution in [0.4, 0.5) is 8.78 Å². The average molecular weight is 301 g/mol. The molecule has 1 heterocycles. The number of nitrogens with one attached hydrogen (secondary N) is 1. The van der Waals surface area contributed by atoms with E-state index in [1.165, 1.54) is 0 Å². The number of benzene rings is 1. The highest BCUT2D eigenvalue weighted by Crippen LogP contribution is 2.14. The van der Waals surface area contributed by atoms with Crippen molar-refractivity contribution in [2.24, 2.45) is 0 Å². The van der Waals surface area contributed by atoms with Crippen molar-refractivity contribution in [1.82, 2.24) is 14.5 Å². The number of hydrogen-bond donors (Lipinski definition) is 1. The second kappa shape index (κ2) is 5.68. The molecule has 0 unspecified atom stereocenters. The van der Waals surface area contributed by atoms with Gasteiger partial charge in [0, 0.05) is 18.4 Å². The van der Waals surface area contributed by atoms with Gasteiger partial charge in [0.15, 0.2) is 11.6 Å². The first-order valence-electron chi connectivity index (χ1n) is 5.83. The van der Waals surface area contributed by atoms with Gasteiger partial charge in [-0.3, -0.25) is 4.68 Å². The number of rotatable bonds is 5. The largest absolute Gasteiger partial charge is 0.271 e. The molecule has 108 valence electrons. The maximum absolute atomic E-state index is 13.1. The lowest BCUT2D eigenvalue weighted by atomic mass is 10.3. The van der Waals surface area contributed by atoms with Crippen LogP contribution < -0.4 is 4.72 Å². The van der Waals surface area contributed by atoms with Gasteiger partial charge in [-0.2, -0.15) is 5.10 Å². The third-order valence-corrected chi connectivity index (χ3v) is 4.17. The minimum absolute atomic E-state index is 0.316. The van der Waals surface area contributed by atoms with E-state index in [0.717, 1.165) is 12.1 Å². The Hall–Kier alpha value is -1.80. The molecule has 1 aromatic carbocycles. The second-order valence-corrected chi connectivity index (χ2v) is 6.04. The van der Waals surface area contributed by atoms with Gasteiger partial charge >= 0.3 is 0 Å². The van der Waals surface area contributed by atoms with Crippen molar-refractivity contribution in [3.63, 3.8) is 0 Å². The summed E-state index contributed by atoms with van der Waals surface area (Å²) in [5, 5.41) is 3.96. The fourth-order valence-corrected chi connectivity index (χ4v) is 2.95. The number of halogens is 2. The van der Waals surface area contributed by atoms with Gasteiger partial charge < -0.3 is 0 Å². The van der Waals surface area contributed by atoms with Gasteiger partial charge in [-0.1, -0.05) is 0 Å². The van der Waals surface area contributed by atoms with Crippen molar-refractivity contribution in [3.8, 4) is 0 Å². The summed E-state index contributed by atoms with van der Waals surface area (Å²) >= 11 is 0. The van der Waals surface area contributed by atoms with Crippen molar-refractivity contribution < 1.29 is 17.2 Å². The lowest BCUT2D eigenvalue weighted by Crippen LogP contribution is -2.35. The standard InChI is InChI=1S/C12H13F2N3O2S/c1-9(8-17-6-2-5-15-17)16-20(18,19)10-3-4-11(13)12(14)7-10/h2-7,9,16H,8H2,1H3/t9-/m1/s1. The van der Waals surface area contributed by atoms with Crippen LogP contribution in [-0.2, 0) is 16.6 Å². The Morgan fingerprint density at radius 3 is 2.70 bits per heavy atom. The molecule has 2 rings (SSSR count). The molecule has 0 radical (unpaired) electrons. The molecule has 8 heteroatoms. The van der Waals surface area contributed by atoms with Crippen LogP contribution in [-0.4, -0.2) is 24.2 Å². The maximum Gasteiger partial charge on any atom is 0.240 e. The van der Waals surface area contributed by atoms with Crippen LogP contribution in [0, 0.1) is 11.6 Å². The van der Waals surface area contributed by atoms with Crippen molar-refractivity contribution in [2.45, 2.75) is 24.4 Å². The van der Waals surface area contributed by atoms with Gasteiger partial charge in [-0.25, -0.2) is 21.9 Å². The van der Waals surface area contributed by atoms with E-state index in [4.69, 9.17) is 0 Å². The van der Waals surface area contributed by atoms with E-state index in [1.807, 2.05) is 0 Å². The molecule has 0 spiro atoms. The topological polar surface area (TPSA) is 64.0 Å². The van der Waals surface area contributed by atoms with E-state index in [0.29, 0.717) is 12.6 Å². The zero-order valence-corrected chi connectivity index (χ0v) is 11.4. The minimum atomic E-state index is -3.90. The number of sulfonamides is 1. The maximum atomic E-state index is 13.1. The molecule has 0 aliphatic rings. The van der Waals surface area contributed by atoms with Crippen LogP contribution >= 0.6 is 0 Å². The zero-order valence-electron chi connectivity index (χ0n) is 10.6. The molecule has 1 N–H and O–H groups in total. The molecule has 5 nitrogen and oxygen atoms in total. The van der Waals surface area contributed by atoms with Crippen LogP contribution in [0.25, 0.3) is 0 Å². The number of nitrogens with zero attached hydrogens (tertiary/aromatic N) is 2. The van der Waals surface area contributed by atoms with Crippen molar-refractivity contribution in [2.75, 3.05) is 0 Å². The predicted octanol–water partition coefficient (Wildman–Crippen LogP) is 1.53. The molecule has 0 aliphatic heterocycles. The first kappa shape index (κ1) is 14.6. The van der Waals surface area contributed by atoms with Gasteiger partial charge in [-0.05, 0) is 31.2 Å². The lowest BCUT2D eigenvalue weighted by Gasteiger charge is -2.14. The van der Waals surface area contributed by atoms with Crippen LogP contribution in [0.3, 0.4) is 0 Å². The molecule has 20 heavy (non-hydrogen) atoms. The third kappa shape index (κ3) is 3.40. The quantitative estimate of drug-likeness (QED) is 0.911. The van der Waals surface area contributed by atoms with E-state index in [9.17, 15) is 17.2 Å². The summed E-state index contributed by atoms with van der Waals surface area (Å²) in [6, 6.07) is 3.71. The normalized spacial score (nSPS) is 13.3. The highest BCUT2D eigenvalue weighted by Gasteiger charge is 2.19. The first-order chi connectivity index (χ1) is 9.38. The van der Waals surface area contributed by atoms with Gasteiger partial charge in [0.1, 0.15) is 0 Å². The number of aromatic nitrogens is 2. The smallest absolute Gasteiger partial charge is 0.240 e. The Bertz CT molecular complexity index is 687. The van der Waals surface area contributed by atoms with E-state index in [1.54, 1.807) is 30.1 Å². The summed E-state index contributed by atoms with van der Waals surface area (Å²) in [5.74, 6) is -2.29. The molecule has 1 aromatic heterocycles. The molecular formula is C12H13F2N3O2S. The summed E-state index contributed by atoms with van der Waals surface area (Å²) in [4.78, 5) is -0.316. The van der Waals surface area contributed by atoms with Crippen molar-refractivity contribution >= 4 is 10.0 Å². The summed E-state index contributed by atoms with van der Waals surface area (Å²) < 4.78 is 53.8. The fourth-order valence-electron chi connectivity index (χ4n) is 1.70. The summed E-state index contributed by atoms with van der Waals surface area (Å²) in [6.07, 6.45) is 3.28. The van der Waals surface area contributed by atoms with E-state index in [-0.39, 0.29) is 4.90 Å². The molecule has 0 aliphatic carbocycles. The number of hydrogen-bond acceptors (Lipinski definition) is 3. The van der Waals surface area contributed by atoms with Gasteiger partial charge in [0.25, 0.3) is 0 Å². The highest BCUT2D eigenvalue weighted by atomic mass is 32.2. The third-order valence-electron chi connectivity index (χ3n) is 2.58. The zero-order chi connectivity index (χ0) is 14.8.